The Morgan fingerprint density at radius 2 is 1.82 bits per heavy atom. The maximum atomic E-state index is 13.7. The number of anilines is 1. The van der Waals surface area contributed by atoms with Gasteiger partial charge in [-0.05, 0) is 66.5 Å². The van der Waals surface area contributed by atoms with Crippen molar-refractivity contribution in [3.8, 4) is 0 Å². The molecule has 3 N–H and O–H groups in total. The van der Waals surface area contributed by atoms with Crippen molar-refractivity contribution in [2.24, 2.45) is 0 Å². The summed E-state index contributed by atoms with van der Waals surface area (Å²) in [4.78, 5) is 23.1. The Hall–Kier alpha value is -2.90. The highest BCUT2D eigenvalue weighted by Gasteiger charge is 2.26. The van der Waals surface area contributed by atoms with E-state index in [0.717, 1.165) is 31.7 Å². The van der Waals surface area contributed by atoms with E-state index in [9.17, 15) is 23.5 Å². The highest BCUT2D eigenvalue weighted by Crippen LogP contribution is 2.30. The molecule has 3 atom stereocenters. The first-order valence-electron chi connectivity index (χ1n) is 11.4. The zero-order chi connectivity index (χ0) is 23.5. The molecule has 0 radical (unpaired) electrons. The molecule has 0 amide bonds. The van der Waals surface area contributed by atoms with Gasteiger partial charge in [0.15, 0.2) is 0 Å². The van der Waals surface area contributed by atoms with Crippen LogP contribution in [-0.4, -0.2) is 23.8 Å². The lowest BCUT2D eigenvalue weighted by molar-refractivity contribution is 0.143. The van der Waals surface area contributed by atoms with E-state index in [1.165, 1.54) is 34.9 Å². The third-order valence-corrected chi connectivity index (χ3v) is 6.43. The molecule has 0 saturated heterocycles. The monoisotopic (exact) mass is 454 g/mol. The summed E-state index contributed by atoms with van der Waals surface area (Å²) >= 11 is 0. The second-order valence-corrected chi connectivity index (χ2v) is 8.79. The molecule has 3 aromatic carbocycles. The molecule has 0 bridgehead atoms. The first-order chi connectivity index (χ1) is 15.8. The van der Waals surface area contributed by atoms with Gasteiger partial charge in [-0.1, -0.05) is 25.1 Å². The second-order valence-electron chi connectivity index (χ2n) is 8.79. The van der Waals surface area contributed by atoms with Crippen molar-refractivity contribution < 1.29 is 13.9 Å². The molecule has 0 spiro atoms. The average molecular weight is 455 g/mol. The molecule has 3 unspecified atom stereocenters. The number of benzene rings is 2. The molecule has 0 heterocycles. The molecule has 0 aromatic heterocycles. The Balaban J connectivity index is 1.49. The Bertz CT molecular complexity index is 1180. The van der Waals surface area contributed by atoms with Gasteiger partial charge >= 0.3 is 0 Å². The quantitative estimate of drug-likeness (QED) is 0.433. The topological polar surface area (TPSA) is 78.4 Å². The third kappa shape index (κ3) is 5.37. The largest absolute Gasteiger partial charge is 0.390 e. The number of hydrogen-bond acceptors (Lipinski definition) is 5. The van der Waals surface area contributed by atoms with Crippen LogP contribution in [-0.2, 0) is 19.3 Å². The van der Waals surface area contributed by atoms with E-state index in [-0.39, 0.29) is 24.7 Å². The van der Waals surface area contributed by atoms with Gasteiger partial charge in [0.1, 0.15) is 11.6 Å². The van der Waals surface area contributed by atoms with Crippen molar-refractivity contribution in [2.45, 2.75) is 57.2 Å². The van der Waals surface area contributed by atoms with Crippen molar-refractivity contribution in [1.82, 2.24) is 5.32 Å². The predicted octanol–water partition coefficient (Wildman–Crippen LogP) is 3.17. The van der Waals surface area contributed by atoms with Gasteiger partial charge in [-0.15, -0.1) is 0 Å². The van der Waals surface area contributed by atoms with Crippen molar-refractivity contribution >= 4 is 5.69 Å². The van der Waals surface area contributed by atoms with Gasteiger partial charge in [-0.25, -0.2) is 8.78 Å². The molecule has 0 saturated carbocycles. The second kappa shape index (κ2) is 9.93. The Labute approximate surface area is 191 Å². The molecule has 1 aliphatic rings. The first kappa shape index (κ1) is 23.3. The van der Waals surface area contributed by atoms with Crippen LogP contribution in [0.25, 0.3) is 0 Å². The fourth-order valence-corrected chi connectivity index (χ4v) is 4.58. The van der Waals surface area contributed by atoms with Crippen LogP contribution in [0.2, 0.25) is 0 Å². The number of hydrogen-bond donors (Lipinski definition) is 3. The van der Waals surface area contributed by atoms with Crippen LogP contribution in [0.3, 0.4) is 0 Å². The molecule has 1 aliphatic carbocycles. The van der Waals surface area contributed by atoms with Gasteiger partial charge in [0.2, 0.25) is 10.9 Å². The first-order valence-corrected chi connectivity index (χ1v) is 11.4. The third-order valence-electron chi connectivity index (χ3n) is 6.43. The standard InChI is InChI=1S/C26H28F2N2O3/c1-2-15-6-7-17-4-3-5-21(20(17)10-15)29-14-25(32)22(30-23-13-24(31)26(23)33)11-16-8-18(27)12-19(28)9-16/h6-10,12-13,21-22,25,29-30,32H,2-5,11,14H2,1H3. The van der Waals surface area contributed by atoms with E-state index in [1.807, 2.05) is 0 Å². The number of rotatable bonds is 9. The average Bonchev–Trinajstić information content (AvgIpc) is 2.80. The van der Waals surface area contributed by atoms with Gasteiger partial charge < -0.3 is 15.7 Å². The number of fused-ring (bicyclic) bond motifs is 1. The summed E-state index contributed by atoms with van der Waals surface area (Å²) in [5, 5.41) is 17.3. The van der Waals surface area contributed by atoms with E-state index in [2.05, 4.69) is 35.8 Å². The SMILES string of the molecule is CCc1ccc2c(c1)C(NCC(O)C(Cc1cc(F)cc(F)c1)Nc1cc(=O)c1=O)CCC2. The van der Waals surface area contributed by atoms with Gasteiger partial charge in [0.05, 0.1) is 17.8 Å². The molecule has 0 aliphatic heterocycles. The van der Waals surface area contributed by atoms with Crippen LogP contribution in [0.5, 0.6) is 0 Å². The van der Waals surface area contributed by atoms with Crippen LogP contribution >= 0.6 is 0 Å². The molecule has 3 aromatic rings. The maximum absolute atomic E-state index is 13.7. The Kier molecular flexibility index (Phi) is 7.00. The smallest absolute Gasteiger partial charge is 0.248 e. The lowest BCUT2D eigenvalue weighted by Gasteiger charge is -2.31. The van der Waals surface area contributed by atoms with Gasteiger partial charge in [-0.2, -0.15) is 0 Å². The molecular weight excluding hydrogens is 426 g/mol. The number of aliphatic hydroxyl groups excluding tert-OH is 1. The minimum atomic E-state index is -0.972. The van der Waals surface area contributed by atoms with Crippen molar-refractivity contribution in [3.63, 3.8) is 0 Å². The summed E-state index contributed by atoms with van der Waals surface area (Å²) in [5.41, 5.74) is 3.00. The molecule has 33 heavy (non-hydrogen) atoms. The summed E-state index contributed by atoms with van der Waals surface area (Å²) in [6.45, 7) is 2.33. The van der Waals surface area contributed by atoms with Crippen molar-refractivity contribution in [2.75, 3.05) is 11.9 Å². The fourth-order valence-electron chi connectivity index (χ4n) is 4.58. The van der Waals surface area contributed by atoms with Gasteiger partial charge in [0.25, 0.3) is 0 Å². The highest BCUT2D eigenvalue weighted by molar-refractivity contribution is 5.48. The summed E-state index contributed by atoms with van der Waals surface area (Å²) in [5.74, 6) is -1.42. The number of nitrogens with one attached hydrogen (secondary N) is 2. The molecule has 4 rings (SSSR count). The zero-order valence-electron chi connectivity index (χ0n) is 18.5. The summed E-state index contributed by atoms with van der Waals surface area (Å²) < 4.78 is 27.4. The molecule has 0 fully saturated rings. The summed E-state index contributed by atoms with van der Waals surface area (Å²) in [6.07, 6.45) is 3.07. The Morgan fingerprint density at radius 1 is 1.06 bits per heavy atom. The van der Waals surface area contributed by atoms with Gasteiger partial charge in [-0.3, -0.25) is 9.59 Å². The van der Waals surface area contributed by atoms with Crippen LogP contribution < -0.4 is 21.5 Å². The van der Waals surface area contributed by atoms with E-state index in [0.29, 0.717) is 5.56 Å². The van der Waals surface area contributed by atoms with E-state index >= 15 is 0 Å². The van der Waals surface area contributed by atoms with Crippen molar-refractivity contribution in [3.05, 3.63) is 96.8 Å². The predicted molar refractivity (Wildman–Crippen MR) is 124 cm³/mol. The Morgan fingerprint density at radius 3 is 2.48 bits per heavy atom. The van der Waals surface area contributed by atoms with Crippen molar-refractivity contribution in [1.29, 1.82) is 0 Å². The van der Waals surface area contributed by atoms with Gasteiger partial charge in [0, 0.05) is 24.7 Å². The summed E-state index contributed by atoms with van der Waals surface area (Å²) in [7, 11) is 0. The van der Waals surface area contributed by atoms with Crippen LogP contribution in [0.4, 0.5) is 14.5 Å². The minimum absolute atomic E-state index is 0.0809. The highest BCUT2D eigenvalue weighted by atomic mass is 19.1. The lowest BCUT2D eigenvalue weighted by Crippen LogP contribution is -2.46. The zero-order valence-corrected chi connectivity index (χ0v) is 18.5. The number of aryl methyl sites for hydroxylation is 2. The van der Waals surface area contributed by atoms with Crippen LogP contribution in [0, 0.1) is 11.6 Å². The van der Waals surface area contributed by atoms with Crippen LogP contribution in [0.1, 0.15) is 48.1 Å². The number of halogens is 2. The minimum Gasteiger partial charge on any atom is -0.390 e. The van der Waals surface area contributed by atoms with E-state index in [4.69, 9.17) is 0 Å². The number of aliphatic hydroxyl groups is 1. The van der Waals surface area contributed by atoms with E-state index in [1.54, 1.807) is 0 Å². The molecule has 7 heteroatoms. The molecular formula is C26H28F2N2O3. The fraction of sp³-hybridized carbons (Fsp3) is 0.385. The lowest BCUT2D eigenvalue weighted by atomic mass is 9.86. The normalized spacial score (nSPS) is 17.5. The van der Waals surface area contributed by atoms with Crippen LogP contribution in [0.15, 0.2) is 52.1 Å². The summed E-state index contributed by atoms with van der Waals surface area (Å²) in [6, 6.07) is 10.3. The molecule has 5 nitrogen and oxygen atoms in total. The maximum Gasteiger partial charge on any atom is 0.248 e. The molecule has 174 valence electrons. The van der Waals surface area contributed by atoms with E-state index < -0.39 is 34.6 Å².